The highest BCUT2D eigenvalue weighted by atomic mass is 16.6. The number of nitrogens with zero attached hydrogens (tertiary/aromatic N) is 1. The molecule has 0 aliphatic carbocycles. The molecule has 0 fully saturated rings. The fourth-order valence-electron chi connectivity index (χ4n) is 3.16. The molecule has 4 heteroatoms. The Labute approximate surface area is 149 Å². The van der Waals surface area contributed by atoms with E-state index in [0.29, 0.717) is 6.54 Å². The highest BCUT2D eigenvalue weighted by Crippen LogP contribution is 2.27. The van der Waals surface area contributed by atoms with Gasteiger partial charge in [-0.25, -0.2) is 4.79 Å². The van der Waals surface area contributed by atoms with Gasteiger partial charge < -0.3 is 10.1 Å². The van der Waals surface area contributed by atoms with Crippen molar-refractivity contribution >= 4 is 6.09 Å². The smallest absolute Gasteiger partial charge is 0.407 e. The first-order valence-electron chi connectivity index (χ1n) is 8.73. The van der Waals surface area contributed by atoms with Crippen molar-refractivity contribution in [2.24, 2.45) is 0 Å². The summed E-state index contributed by atoms with van der Waals surface area (Å²) >= 11 is 0. The minimum atomic E-state index is -0.477. The lowest BCUT2D eigenvalue weighted by Gasteiger charge is -2.20. The Morgan fingerprint density at radius 2 is 1.84 bits per heavy atom. The first-order chi connectivity index (χ1) is 11.9. The molecule has 0 unspecified atom stereocenters. The number of amides is 1. The molecule has 1 heterocycles. The van der Waals surface area contributed by atoms with E-state index in [-0.39, 0.29) is 6.09 Å². The number of benzene rings is 2. The average Bonchev–Trinajstić information content (AvgIpc) is 2.95. The number of carbonyl (C=O) groups excluding carboxylic acids is 1. The second-order valence-electron chi connectivity index (χ2n) is 7.54. The second-order valence-corrected chi connectivity index (χ2v) is 7.54. The lowest BCUT2D eigenvalue weighted by molar-refractivity contribution is 0.0523. The zero-order chi connectivity index (χ0) is 17.9. The summed E-state index contributed by atoms with van der Waals surface area (Å²) in [5.74, 6) is 0. The Morgan fingerprint density at radius 3 is 2.56 bits per heavy atom. The molecule has 3 rings (SSSR count). The topological polar surface area (TPSA) is 41.6 Å². The van der Waals surface area contributed by atoms with Crippen molar-refractivity contribution in [2.75, 3.05) is 0 Å². The van der Waals surface area contributed by atoms with Gasteiger partial charge in [-0.05, 0) is 43.0 Å². The van der Waals surface area contributed by atoms with Gasteiger partial charge in [0.2, 0.25) is 0 Å². The number of rotatable bonds is 4. The van der Waals surface area contributed by atoms with Crippen LogP contribution in [0.5, 0.6) is 0 Å². The number of nitrogens with one attached hydrogen (secondary N) is 1. The molecule has 1 aliphatic heterocycles. The number of fused-ring (bicyclic) bond motifs is 1. The molecule has 0 saturated carbocycles. The first-order valence-corrected chi connectivity index (χ1v) is 8.73. The Bertz CT molecular complexity index is 735. The van der Waals surface area contributed by atoms with Crippen LogP contribution in [-0.2, 0) is 30.9 Å². The van der Waals surface area contributed by atoms with Gasteiger partial charge in [-0.3, -0.25) is 4.90 Å². The molecule has 1 N–H and O–H groups in total. The number of ether oxygens (including phenoxy) is 1. The lowest BCUT2D eigenvalue weighted by Crippen LogP contribution is -2.32. The van der Waals surface area contributed by atoms with Crippen LogP contribution in [0.4, 0.5) is 4.79 Å². The van der Waals surface area contributed by atoms with Crippen LogP contribution >= 0.6 is 0 Å². The van der Waals surface area contributed by atoms with Crippen LogP contribution in [0.25, 0.3) is 0 Å². The summed E-state index contributed by atoms with van der Waals surface area (Å²) in [4.78, 5) is 14.3. The van der Waals surface area contributed by atoms with Gasteiger partial charge in [0.1, 0.15) is 5.60 Å². The van der Waals surface area contributed by atoms with Crippen LogP contribution in [0, 0.1) is 0 Å². The van der Waals surface area contributed by atoms with Gasteiger partial charge in [0.15, 0.2) is 0 Å². The average molecular weight is 338 g/mol. The monoisotopic (exact) mass is 338 g/mol. The van der Waals surface area contributed by atoms with Crippen LogP contribution in [0.15, 0.2) is 48.5 Å². The third-order valence-electron chi connectivity index (χ3n) is 4.22. The van der Waals surface area contributed by atoms with E-state index in [1.807, 2.05) is 26.8 Å². The molecular weight excluding hydrogens is 312 g/mol. The molecule has 0 radical (unpaired) electrons. The van der Waals surface area contributed by atoms with E-state index in [9.17, 15) is 4.79 Å². The maximum absolute atomic E-state index is 11.9. The summed E-state index contributed by atoms with van der Waals surface area (Å²) < 4.78 is 5.32. The molecule has 4 nitrogen and oxygen atoms in total. The van der Waals surface area contributed by atoms with Crippen molar-refractivity contribution in [3.8, 4) is 0 Å². The molecule has 1 amide bonds. The largest absolute Gasteiger partial charge is 0.444 e. The summed E-state index contributed by atoms with van der Waals surface area (Å²) in [5.41, 5.74) is 4.69. The molecule has 0 spiro atoms. The van der Waals surface area contributed by atoms with Crippen LogP contribution < -0.4 is 5.32 Å². The summed E-state index contributed by atoms with van der Waals surface area (Å²) in [6.07, 6.45) is -0.371. The van der Waals surface area contributed by atoms with E-state index in [0.717, 1.165) is 19.6 Å². The molecule has 1 aliphatic rings. The summed E-state index contributed by atoms with van der Waals surface area (Å²) in [6, 6.07) is 16.9. The van der Waals surface area contributed by atoms with E-state index in [1.165, 1.54) is 22.3 Å². The zero-order valence-electron chi connectivity index (χ0n) is 15.2. The van der Waals surface area contributed by atoms with Crippen LogP contribution in [-0.4, -0.2) is 16.6 Å². The molecular formula is C21H26N2O2. The van der Waals surface area contributed by atoms with Crippen molar-refractivity contribution < 1.29 is 9.53 Å². The van der Waals surface area contributed by atoms with Crippen LogP contribution in [0.2, 0.25) is 0 Å². The molecule has 0 aromatic heterocycles. The summed E-state index contributed by atoms with van der Waals surface area (Å²) in [6.45, 7) is 8.91. The normalized spacial score (nSPS) is 14.2. The molecule has 132 valence electrons. The van der Waals surface area contributed by atoms with Gasteiger partial charge >= 0.3 is 6.09 Å². The zero-order valence-corrected chi connectivity index (χ0v) is 15.2. The Kier molecular flexibility index (Phi) is 5.09. The van der Waals surface area contributed by atoms with Gasteiger partial charge in [-0.2, -0.15) is 0 Å². The van der Waals surface area contributed by atoms with E-state index >= 15 is 0 Å². The van der Waals surface area contributed by atoms with Gasteiger partial charge in [-0.15, -0.1) is 0 Å². The lowest BCUT2D eigenvalue weighted by atomic mass is 10.0. The Balaban J connectivity index is 1.62. The maximum Gasteiger partial charge on any atom is 0.407 e. The third kappa shape index (κ3) is 4.83. The molecule has 0 bridgehead atoms. The van der Waals surface area contributed by atoms with E-state index in [2.05, 4.69) is 52.7 Å². The fraction of sp³-hybridized carbons (Fsp3) is 0.381. The minimum Gasteiger partial charge on any atom is -0.444 e. The number of carbonyl (C=O) groups is 1. The third-order valence-corrected chi connectivity index (χ3v) is 4.22. The Morgan fingerprint density at radius 1 is 1.08 bits per heavy atom. The van der Waals surface area contributed by atoms with E-state index in [4.69, 9.17) is 4.74 Å². The van der Waals surface area contributed by atoms with Crippen LogP contribution in [0.3, 0.4) is 0 Å². The quantitative estimate of drug-likeness (QED) is 0.907. The van der Waals surface area contributed by atoms with Gasteiger partial charge in [-0.1, -0.05) is 48.5 Å². The van der Waals surface area contributed by atoms with Gasteiger partial charge in [0.05, 0.1) is 0 Å². The van der Waals surface area contributed by atoms with E-state index in [1.54, 1.807) is 0 Å². The van der Waals surface area contributed by atoms with Crippen molar-refractivity contribution in [2.45, 2.75) is 52.6 Å². The highest BCUT2D eigenvalue weighted by molar-refractivity contribution is 5.67. The van der Waals surface area contributed by atoms with Gasteiger partial charge in [0.25, 0.3) is 0 Å². The fourth-order valence-corrected chi connectivity index (χ4v) is 3.16. The SMILES string of the molecule is CC(C)(C)OC(=O)NCc1cccc2c1CN(Cc1ccccc1)C2. The van der Waals surface area contributed by atoms with Crippen molar-refractivity contribution in [3.63, 3.8) is 0 Å². The molecule has 2 aromatic rings. The Hall–Kier alpha value is -2.33. The number of hydrogen-bond acceptors (Lipinski definition) is 3. The molecule has 25 heavy (non-hydrogen) atoms. The predicted octanol–water partition coefficient (Wildman–Crippen LogP) is 4.23. The van der Waals surface area contributed by atoms with Crippen molar-refractivity contribution in [1.82, 2.24) is 10.2 Å². The van der Waals surface area contributed by atoms with Gasteiger partial charge in [0, 0.05) is 26.2 Å². The minimum absolute atomic E-state index is 0.371. The predicted molar refractivity (Wildman–Crippen MR) is 98.9 cm³/mol. The molecule has 0 atom stereocenters. The van der Waals surface area contributed by atoms with Crippen molar-refractivity contribution in [3.05, 3.63) is 70.8 Å². The molecule has 2 aromatic carbocycles. The highest BCUT2D eigenvalue weighted by Gasteiger charge is 2.22. The second kappa shape index (κ2) is 7.28. The van der Waals surface area contributed by atoms with Crippen LogP contribution in [0.1, 0.15) is 43.0 Å². The van der Waals surface area contributed by atoms with Crippen molar-refractivity contribution in [1.29, 1.82) is 0 Å². The number of hydrogen-bond donors (Lipinski definition) is 1. The summed E-state index contributed by atoms with van der Waals surface area (Å²) in [7, 11) is 0. The number of alkyl carbamates (subject to hydrolysis) is 1. The molecule has 0 saturated heterocycles. The van der Waals surface area contributed by atoms with E-state index < -0.39 is 5.60 Å². The maximum atomic E-state index is 11.9. The summed E-state index contributed by atoms with van der Waals surface area (Å²) in [5, 5.41) is 2.87. The first kappa shape index (κ1) is 17.5. The standard InChI is InChI=1S/C21H26N2O2/c1-21(2,3)25-20(24)22-12-17-10-7-11-18-14-23(15-19(17)18)13-16-8-5-4-6-9-16/h4-11H,12-15H2,1-3H3,(H,22,24).